The molecule has 0 heterocycles. The maximum absolute atomic E-state index is 3.64. The summed E-state index contributed by atoms with van der Waals surface area (Å²) in [6, 6.07) is 23.5. The number of rotatable bonds is 11. The van der Waals surface area contributed by atoms with Crippen LogP contribution in [-0.4, -0.2) is 6.04 Å². The minimum absolute atomic E-state index is 0.102. The summed E-state index contributed by atoms with van der Waals surface area (Å²) in [6.07, 6.45) is 3.53. The van der Waals surface area contributed by atoms with E-state index in [9.17, 15) is 0 Å². The zero-order chi connectivity index (χ0) is 33.0. The molecule has 0 radical (unpaired) electrons. The van der Waals surface area contributed by atoms with Crippen LogP contribution in [0.25, 0.3) is 0 Å². The lowest BCUT2D eigenvalue weighted by molar-refractivity contribution is 0.306. The highest BCUT2D eigenvalue weighted by atomic mass is 15.2. The van der Waals surface area contributed by atoms with Gasteiger partial charge in [0.1, 0.15) is 0 Å². The minimum atomic E-state index is 0.102. The second kappa shape index (κ2) is 14.1. The third kappa shape index (κ3) is 10.4. The summed E-state index contributed by atoms with van der Waals surface area (Å²) < 4.78 is 0. The first-order chi connectivity index (χ1) is 20.2. The average molecular weight is 597 g/mol. The van der Waals surface area contributed by atoms with E-state index < -0.39 is 0 Å². The molecule has 0 bridgehead atoms. The molecular weight excluding hydrogens is 532 g/mol. The molecule has 0 saturated heterocycles. The van der Waals surface area contributed by atoms with Crippen LogP contribution in [0.2, 0.25) is 0 Å². The van der Waals surface area contributed by atoms with Crippen molar-refractivity contribution in [2.75, 3.05) is 10.2 Å². The molecule has 0 aliphatic carbocycles. The Bertz CT molecular complexity index is 1290. The predicted molar refractivity (Wildman–Crippen MR) is 197 cm³/mol. The quantitative estimate of drug-likeness (QED) is 0.237. The van der Waals surface area contributed by atoms with E-state index >= 15 is 0 Å². The van der Waals surface area contributed by atoms with Crippen LogP contribution < -0.4 is 10.2 Å². The van der Waals surface area contributed by atoms with Gasteiger partial charge in [0.2, 0.25) is 0 Å². The van der Waals surface area contributed by atoms with Crippen LogP contribution in [-0.2, 0) is 23.8 Å². The normalized spacial score (nSPS) is 14.1. The van der Waals surface area contributed by atoms with Gasteiger partial charge in [-0.2, -0.15) is 0 Å². The van der Waals surface area contributed by atoms with Gasteiger partial charge >= 0.3 is 0 Å². The molecule has 0 saturated carbocycles. The summed E-state index contributed by atoms with van der Waals surface area (Å²) in [4.78, 5) is 2.61. The average Bonchev–Trinajstić information content (AvgIpc) is 2.87. The summed E-state index contributed by atoms with van der Waals surface area (Å²) in [5.41, 5.74) is 11.3. The molecular formula is C42H64N2. The zero-order valence-corrected chi connectivity index (χ0v) is 30.8. The van der Waals surface area contributed by atoms with Gasteiger partial charge in [-0.25, -0.2) is 0 Å². The van der Waals surface area contributed by atoms with Crippen LogP contribution in [0.4, 0.5) is 17.1 Å². The molecule has 0 aliphatic rings. The summed E-state index contributed by atoms with van der Waals surface area (Å²) >= 11 is 0. The topological polar surface area (TPSA) is 15.3 Å². The molecule has 44 heavy (non-hydrogen) atoms. The monoisotopic (exact) mass is 597 g/mol. The van der Waals surface area contributed by atoms with Gasteiger partial charge in [-0.05, 0) is 125 Å². The molecule has 1 N–H and O–H groups in total. The molecule has 242 valence electrons. The van der Waals surface area contributed by atoms with E-state index in [1.54, 1.807) is 0 Å². The van der Waals surface area contributed by atoms with E-state index in [4.69, 9.17) is 0 Å². The van der Waals surface area contributed by atoms with Crippen molar-refractivity contribution in [2.24, 2.45) is 17.3 Å². The highest BCUT2D eigenvalue weighted by Crippen LogP contribution is 2.36. The van der Waals surface area contributed by atoms with Gasteiger partial charge in [0.05, 0.1) is 0 Å². The van der Waals surface area contributed by atoms with Crippen LogP contribution in [0.15, 0.2) is 60.7 Å². The Hall–Kier alpha value is -2.74. The molecule has 3 aromatic carbocycles. The first kappa shape index (κ1) is 35.7. The van der Waals surface area contributed by atoms with E-state index in [1.807, 2.05) is 0 Å². The molecule has 0 amide bonds. The van der Waals surface area contributed by atoms with Crippen molar-refractivity contribution in [3.05, 3.63) is 88.5 Å². The number of benzene rings is 3. The van der Waals surface area contributed by atoms with Crippen molar-refractivity contribution in [2.45, 2.75) is 140 Å². The highest BCUT2D eigenvalue weighted by Gasteiger charge is 2.26. The van der Waals surface area contributed by atoms with Gasteiger partial charge in [0.15, 0.2) is 0 Å². The van der Waals surface area contributed by atoms with Crippen molar-refractivity contribution >= 4 is 17.1 Å². The molecule has 2 heteroatoms. The first-order valence-corrected chi connectivity index (χ1v) is 17.1. The molecule has 2 nitrogen and oxygen atoms in total. The lowest BCUT2D eigenvalue weighted by atomic mass is 9.75. The van der Waals surface area contributed by atoms with E-state index in [0.717, 1.165) is 30.8 Å². The fourth-order valence-corrected chi connectivity index (χ4v) is 7.08. The maximum atomic E-state index is 3.64. The third-order valence-electron chi connectivity index (χ3n) is 8.77. The Labute approximate surface area is 272 Å². The molecule has 0 spiro atoms. The molecule has 0 aliphatic heterocycles. The Morgan fingerprint density at radius 2 is 1.14 bits per heavy atom. The molecule has 0 fully saturated rings. The lowest BCUT2D eigenvalue weighted by Crippen LogP contribution is -2.34. The number of hydrogen-bond acceptors (Lipinski definition) is 2. The largest absolute Gasteiger partial charge is 0.364 e. The maximum Gasteiger partial charge on any atom is 0.0432 e. The Morgan fingerprint density at radius 3 is 1.57 bits per heavy atom. The van der Waals surface area contributed by atoms with Crippen LogP contribution >= 0.6 is 0 Å². The smallest absolute Gasteiger partial charge is 0.0432 e. The fraction of sp³-hybridized carbons (Fsp3) is 0.571. The van der Waals surface area contributed by atoms with Gasteiger partial charge in [-0.3, -0.25) is 0 Å². The molecule has 3 rings (SSSR count). The molecule has 2 atom stereocenters. The molecule has 0 aromatic heterocycles. The number of hydrogen-bond donors (Lipinski definition) is 1. The van der Waals surface area contributed by atoms with Crippen molar-refractivity contribution in [3.63, 3.8) is 0 Å². The SMILES string of the molecule is Cc1c(C(C)(C)C)cc(CN(c2ccc(Nc3ccc(CC(C)CC(C)(C)C)cc3)cc2)C(C)CC(C)C)cc1C(C)(C)C. The number of anilines is 3. The fourth-order valence-electron chi connectivity index (χ4n) is 7.08. The van der Waals surface area contributed by atoms with Crippen molar-refractivity contribution < 1.29 is 0 Å². The van der Waals surface area contributed by atoms with E-state index in [0.29, 0.717) is 23.3 Å². The summed E-state index contributed by atoms with van der Waals surface area (Å²) in [6.45, 7) is 33.7. The Morgan fingerprint density at radius 1 is 0.659 bits per heavy atom. The van der Waals surface area contributed by atoms with Gasteiger partial charge < -0.3 is 10.2 Å². The summed E-state index contributed by atoms with van der Waals surface area (Å²) in [5.74, 6) is 1.32. The van der Waals surface area contributed by atoms with Gasteiger partial charge in [-0.15, -0.1) is 0 Å². The first-order valence-electron chi connectivity index (χ1n) is 17.1. The summed E-state index contributed by atoms with van der Waals surface area (Å²) in [7, 11) is 0. The van der Waals surface area contributed by atoms with E-state index in [-0.39, 0.29) is 10.8 Å². The van der Waals surface area contributed by atoms with Gasteiger partial charge in [0.25, 0.3) is 0 Å². The molecule has 2 unspecified atom stereocenters. The van der Waals surface area contributed by atoms with Gasteiger partial charge in [0, 0.05) is 29.6 Å². The van der Waals surface area contributed by atoms with E-state index in [1.165, 1.54) is 39.9 Å². The highest BCUT2D eigenvalue weighted by molar-refractivity contribution is 5.63. The third-order valence-corrected chi connectivity index (χ3v) is 8.77. The van der Waals surface area contributed by atoms with Gasteiger partial charge in [-0.1, -0.05) is 107 Å². The number of nitrogens with one attached hydrogen (secondary N) is 1. The van der Waals surface area contributed by atoms with Crippen molar-refractivity contribution in [1.29, 1.82) is 0 Å². The van der Waals surface area contributed by atoms with E-state index in [2.05, 4.69) is 168 Å². The van der Waals surface area contributed by atoms with Crippen LogP contribution in [0.3, 0.4) is 0 Å². The van der Waals surface area contributed by atoms with Crippen molar-refractivity contribution in [3.8, 4) is 0 Å². The lowest BCUT2D eigenvalue weighted by Gasteiger charge is -2.35. The predicted octanol–water partition coefficient (Wildman–Crippen LogP) is 12.4. The Kier molecular flexibility index (Phi) is 11.5. The second-order valence-corrected chi connectivity index (χ2v) is 17.4. The van der Waals surface area contributed by atoms with Crippen LogP contribution in [0.5, 0.6) is 0 Å². The summed E-state index contributed by atoms with van der Waals surface area (Å²) in [5, 5.41) is 3.64. The Balaban J connectivity index is 1.85. The second-order valence-electron chi connectivity index (χ2n) is 17.4. The van der Waals surface area contributed by atoms with Crippen molar-refractivity contribution in [1.82, 2.24) is 0 Å². The van der Waals surface area contributed by atoms with Crippen LogP contribution in [0.1, 0.15) is 131 Å². The minimum Gasteiger partial charge on any atom is -0.364 e. The molecule has 3 aromatic rings. The zero-order valence-electron chi connectivity index (χ0n) is 30.8. The van der Waals surface area contributed by atoms with Crippen LogP contribution in [0, 0.1) is 24.2 Å². The standard InChI is InChI=1S/C42H64N2/c1-29(2)23-31(4)44(28-34-25-38(41(9,10)11)32(5)39(26-34)42(12,13)14)37-21-19-36(20-22-37)43-35-17-15-33(16-18-35)24-30(3)27-40(6,7)8/h15-22,25-26,29-31,43H,23-24,27-28H2,1-14H3. The number of nitrogens with zero attached hydrogens (tertiary/aromatic N) is 1.